The molecule has 0 spiro atoms. The fourth-order valence-electron chi connectivity index (χ4n) is 0.642. The van der Waals surface area contributed by atoms with E-state index in [0.29, 0.717) is 0 Å². The number of esters is 2. The molecule has 3 nitrogen and oxygen atoms in total. The van der Waals surface area contributed by atoms with Crippen molar-refractivity contribution >= 4 is 11.9 Å². The SMILES string of the molecule is C=CC(C=C=CC)C(=O)OC(C)=O. The Hall–Kier alpha value is -1.60. The van der Waals surface area contributed by atoms with Gasteiger partial charge in [-0.1, -0.05) is 6.08 Å². The van der Waals surface area contributed by atoms with Gasteiger partial charge in [0, 0.05) is 6.92 Å². The van der Waals surface area contributed by atoms with Crippen molar-refractivity contribution < 1.29 is 14.3 Å². The molecular formula is C10H12O3. The quantitative estimate of drug-likeness (QED) is 0.287. The molecule has 0 aliphatic carbocycles. The van der Waals surface area contributed by atoms with Crippen LogP contribution in [0.2, 0.25) is 0 Å². The first-order valence-corrected chi connectivity index (χ1v) is 3.83. The number of carbonyl (C=O) groups is 2. The lowest BCUT2D eigenvalue weighted by Gasteiger charge is -2.02. The van der Waals surface area contributed by atoms with E-state index in [-0.39, 0.29) is 0 Å². The molecule has 0 aliphatic heterocycles. The van der Waals surface area contributed by atoms with Crippen molar-refractivity contribution in [1.29, 1.82) is 0 Å². The maximum Gasteiger partial charge on any atom is 0.324 e. The molecule has 0 aromatic heterocycles. The van der Waals surface area contributed by atoms with Crippen molar-refractivity contribution in [3.05, 3.63) is 30.5 Å². The van der Waals surface area contributed by atoms with Gasteiger partial charge in [0.25, 0.3) is 0 Å². The first-order valence-electron chi connectivity index (χ1n) is 3.83. The zero-order valence-corrected chi connectivity index (χ0v) is 7.74. The van der Waals surface area contributed by atoms with Crippen LogP contribution in [-0.4, -0.2) is 11.9 Å². The van der Waals surface area contributed by atoms with E-state index >= 15 is 0 Å². The molecule has 0 aromatic rings. The van der Waals surface area contributed by atoms with Gasteiger partial charge < -0.3 is 4.74 Å². The number of ether oxygens (including phenoxy) is 1. The molecular weight excluding hydrogens is 168 g/mol. The Morgan fingerprint density at radius 2 is 2.15 bits per heavy atom. The molecule has 1 atom stereocenters. The standard InChI is InChI=1S/C10H12O3/c1-4-6-7-9(5-2)10(12)13-8(3)11/h4-5,7,9H,2H2,1,3H3. The van der Waals surface area contributed by atoms with Crippen molar-refractivity contribution in [1.82, 2.24) is 0 Å². The molecule has 0 heterocycles. The molecule has 0 amide bonds. The molecule has 0 saturated heterocycles. The molecule has 0 aromatic carbocycles. The first-order chi connectivity index (χ1) is 6.11. The van der Waals surface area contributed by atoms with Gasteiger partial charge in [-0.15, -0.1) is 12.3 Å². The number of hydrogen-bond donors (Lipinski definition) is 0. The van der Waals surface area contributed by atoms with Gasteiger partial charge in [-0.05, 0) is 19.1 Å². The van der Waals surface area contributed by atoms with Crippen molar-refractivity contribution in [2.24, 2.45) is 5.92 Å². The highest BCUT2D eigenvalue weighted by molar-refractivity contribution is 5.87. The van der Waals surface area contributed by atoms with Crippen molar-refractivity contribution in [3.63, 3.8) is 0 Å². The van der Waals surface area contributed by atoms with Gasteiger partial charge in [-0.2, -0.15) is 0 Å². The van der Waals surface area contributed by atoms with Crippen molar-refractivity contribution in [2.45, 2.75) is 13.8 Å². The molecule has 0 saturated carbocycles. The molecule has 0 radical (unpaired) electrons. The van der Waals surface area contributed by atoms with E-state index < -0.39 is 17.9 Å². The van der Waals surface area contributed by atoms with Gasteiger partial charge in [-0.25, -0.2) is 0 Å². The van der Waals surface area contributed by atoms with Crippen LogP contribution in [0.3, 0.4) is 0 Å². The van der Waals surface area contributed by atoms with Crippen LogP contribution in [0.15, 0.2) is 30.5 Å². The molecule has 1 unspecified atom stereocenters. The third kappa shape index (κ3) is 4.77. The lowest BCUT2D eigenvalue weighted by Crippen LogP contribution is -2.16. The van der Waals surface area contributed by atoms with Gasteiger partial charge in [0.05, 0.1) is 0 Å². The normalized spacial score (nSPS) is 10.6. The van der Waals surface area contributed by atoms with Crippen LogP contribution in [-0.2, 0) is 14.3 Å². The van der Waals surface area contributed by atoms with E-state index in [1.54, 1.807) is 13.0 Å². The highest BCUT2D eigenvalue weighted by Gasteiger charge is 2.14. The average molecular weight is 180 g/mol. The lowest BCUT2D eigenvalue weighted by molar-refractivity contribution is -0.159. The maximum atomic E-state index is 11.1. The Kier molecular flexibility index (Phi) is 5.24. The third-order valence-corrected chi connectivity index (χ3v) is 1.21. The Balaban J connectivity index is 4.41. The van der Waals surface area contributed by atoms with Crippen LogP contribution in [0, 0.1) is 5.92 Å². The summed E-state index contributed by atoms with van der Waals surface area (Å²) in [5, 5.41) is 0. The average Bonchev–Trinajstić information content (AvgIpc) is 2.04. The molecule has 3 heteroatoms. The van der Waals surface area contributed by atoms with Gasteiger partial charge in [-0.3, -0.25) is 9.59 Å². The fourth-order valence-corrected chi connectivity index (χ4v) is 0.642. The zero-order valence-electron chi connectivity index (χ0n) is 7.74. The predicted molar refractivity (Wildman–Crippen MR) is 48.8 cm³/mol. The first kappa shape index (κ1) is 11.4. The topological polar surface area (TPSA) is 43.4 Å². The van der Waals surface area contributed by atoms with E-state index in [1.165, 1.54) is 19.1 Å². The molecule has 13 heavy (non-hydrogen) atoms. The minimum atomic E-state index is -0.628. The minimum absolute atomic E-state index is 0.611. The van der Waals surface area contributed by atoms with Crippen LogP contribution >= 0.6 is 0 Å². The Bertz CT molecular complexity index is 270. The van der Waals surface area contributed by atoms with Crippen molar-refractivity contribution in [2.75, 3.05) is 0 Å². The summed E-state index contributed by atoms with van der Waals surface area (Å²) < 4.78 is 4.37. The van der Waals surface area contributed by atoms with E-state index in [1.807, 2.05) is 0 Å². The van der Waals surface area contributed by atoms with Crippen LogP contribution in [0.4, 0.5) is 0 Å². The smallest absolute Gasteiger partial charge is 0.324 e. The minimum Gasteiger partial charge on any atom is -0.393 e. The molecule has 0 aliphatic rings. The van der Waals surface area contributed by atoms with E-state index in [9.17, 15) is 9.59 Å². The summed E-state index contributed by atoms with van der Waals surface area (Å²) in [6, 6.07) is 0. The largest absolute Gasteiger partial charge is 0.393 e. The number of carbonyl (C=O) groups excluding carboxylic acids is 2. The summed E-state index contributed by atoms with van der Waals surface area (Å²) in [6.07, 6.45) is 4.53. The summed E-state index contributed by atoms with van der Waals surface area (Å²) in [5.41, 5.74) is 2.72. The summed E-state index contributed by atoms with van der Waals surface area (Å²) in [7, 11) is 0. The third-order valence-electron chi connectivity index (χ3n) is 1.21. The summed E-state index contributed by atoms with van der Waals surface area (Å²) in [5.74, 6) is -1.86. The zero-order chi connectivity index (χ0) is 10.3. The van der Waals surface area contributed by atoms with Gasteiger partial charge >= 0.3 is 11.9 Å². The highest BCUT2D eigenvalue weighted by Crippen LogP contribution is 2.02. The summed E-state index contributed by atoms with van der Waals surface area (Å²) in [4.78, 5) is 21.5. The molecule has 0 fully saturated rings. The van der Waals surface area contributed by atoms with Gasteiger partial charge in [0.15, 0.2) is 0 Å². The fraction of sp³-hybridized carbons (Fsp3) is 0.300. The van der Waals surface area contributed by atoms with Crippen LogP contribution in [0.1, 0.15) is 13.8 Å². The molecule has 0 bridgehead atoms. The molecule has 0 N–H and O–H groups in total. The van der Waals surface area contributed by atoms with Crippen molar-refractivity contribution in [3.8, 4) is 0 Å². The molecule has 0 rings (SSSR count). The van der Waals surface area contributed by atoms with E-state index in [0.717, 1.165) is 0 Å². The number of hydrogen-bond acceptors (Lipinski definition) is 3. The summed E-state index contributed by atoms with van der Waals surface area (Å²) >= 11 is 0. The number of rotatable bonds is 3. The van der Waals surface area contributed by atoms with Crippen LogP contribution < -0.4 is 0 Å². The lowest BCUT2D eigenvalue weighted by atomic mass is 10.1. The van der Waals surface area contributed by atoms with Gasteiger partial charge in [0.1, 0.15) is 5.92 Å². The van der Waals surface area contributed by atoms with E-state index in [2.05, 4.69) is 17.0 Å². The Morgan fingerprint density at radius 1 is 1.54 bits per heavy atom. The molecule has 70 valence electrons. The summed E-state index contributed by atoms with van der Waals surface area (Å²) in [6.45, 7) is 6.39. The van der Waals surface area contributed by atoms with Gasteiger partial charge in [0.2, 0.25) is 0 Å². The predicted octanol–water partition coefficient (Wildman–Crippen LogP) is 1.61. The second-order valence-electron chi connectivity index (χ2n) is 2.30. The maximum absolute atomic E-state index is 11.1. The second-order valence-corrected chi connectivity index (χ2v) is 2.30. The van der Waals surface area contributed by atoms with E-state index in [4.69, 9.17) is 0 Å². The Morgan fingerprint density at radius 3 is 2.54 bits per heavy atom. The van der Waals surface area contributed by atoms with Crippen LogP contribution in [0.25, 0.3) is 0 Å². The van der Waals surface area contributed by atoms with Crippen LogP contribution in [0.5, 0.6) is 0 Å². The second kappa shape index (κ2) is 5.98. The monoisotopic (exact) mass is 180 g/mol. The Labute approximate surface area is 77.4 Å². The highest BCUT2D eigenvalue weighted by atomic mass is 16.6.